The summed E-state index contributed by atoms with van der Waals surface area (Å²) in [5.41, 5.74) is 1.03. The van der Waals surface area contributed by atoms with Crippen LogP contribution in [0, 0.1) is 0 Å². The molecular weight excluding hydrogens is 393 g/mol. The highest BCUT2D eigenvalue weighted by Crippen LogP contribution is 2.23. The van der Waals surface area contributed by atoms with Crippen molar-refractivity contribution in [2.75, 3.05) is 11.1 Å². The van der Waals surface area contributed by atoms with Gasteiger partial charge in [0.05, 0.1) is 16.7 Å². The monoisotopic (exact) mass is 407 g/mol. The maximum Gasteiger partial charge on any atom is 0.262 e. The predicted molar refractivity (Wildman–Crippen MR) is 107 cm³/mol. The van der Waals surface area contributed by atoms with Gasteiger partial charge in [-0.25, -0.2) is 4.98 Å². The summed E-state index contributed by atoms with van der Waals surface area (Å²) in [6.45, 7) is 2.35. The third kappa shape index (κ3) is 4.20. The lowest BCUT2D eigenvalue weighted by atomic mass is 10.2. The number of carbonyl (C=O) groups is 1. The molecule has 0 aliphatic heterocycles. The van der Waals surface area contributed by atoms with Gasteiger partial charge in [0, 0.05) is 22.3 Å². The molecule has 1 aromatic heterocycles. The largest absolute Gasteiger partial charge is 0.325 e. The Morgan fingerprint density at radius 2 is 1.88 bits per heavy atom. The Morgan fingerprint density at radius 3 is 2.58 bits per heavy atom. The van der Waals surface area contributed by atoms with Gasteiger partial charge in [-0.1, -0.05) is 47.1 Å². The van der Waals surface area contributed by atoms with Crippen LogP contribution in [0.25, 0.3) is 10.9 Å². The van der Waals surface area contributed by atoms with Crippen molar-refractivity contribution in [3.05, 3.63) is 62.9 Å². The van der Waals surface area contributed by atoms with E-state index in [1.807, 2.05) is 19.1 Å². The van der Waals surface area contributed by atoms with E-state index in [-0.39, 0.29) is 17.2 Å². The lowest BCUT2D eigenvalue weighted by molar-refractivity contribution is -0.113. The number of anilines is 1. The normalized spacial score (nSPS) is 10.9. The van der Waals surface area contributed by atoms with E-state index in [9.17, 15) is 9.59 Å². The Balaban J connectivity index is 1.78. The van der Waals surface area contributed by atoms with Crippen LogP contribution < -0.4 is 10.9 Å². The number of amides is 1. The number of carbonyl (C=O) groups excluding carboxylic acids is 1. The summed E-state index contributed by atoms with van der Waals surface area (Å²) < 4.78 is 1.57. The van der Waals surface area contributed by atoms with Gasteiger partial charge in [0.2, 0.25) is 5.91 Å². The summed E-state index contributed by atoms with van der Waals surface area (Å²) in [4.78, 5) is 29.3. The van der Waals surface area contributed by atoms with Crippen LogP contribution in [0.2, 0.25) is 10.0 Å². The van der Waals surface area contributed by atoms with Crippen molar-refractivity contribution in [1.82, 2.24) is 9.55 Å². The number of rotatable bonds is 5. The Morgan fingerprint density at radius 1 is 1.19 bits per heavy atom. The number of nitrogens with zero attached hydrogens (tertiary/aromatic N) is 2. The molecule has 0 saturated carbocycles. The molecule has 0 saturated heterocycles. The Bertz CT molecular complexity index is 1020. The molecule has 134 valence electrons. The maximum absolute atomic E-state index is 12.6. The molecule has 1 amide bonds. The van der Waals surface area contributed by atoms with Crippen molar-refractivity contribution in [2.24, 2.45) is 0 Å². The molecule has 0 fully saturated rings. The van der Waals surface area contributed by atoms with E-state index in [0.29, 0.717) is 38.3 Å². The average molecular weight is 408 g/mol. The van der Waals surface area contributed by atoms with Gasteiger partial charge < -0.3 is 5.32 Å². The zero-order valence-electron chi connectivity index (χ0n) is 13.8. The summed E-state index contributed by atoms with van der Waals surface area (Å²) in [6.07, 6.45) is 0. The molecule has 1 N–H and O–H groups in total. The van der Waals surface area contributed by atoms with Crippen LogP contribution in [0.1, 0.15) is 6.92 Å². The van der Waals surface area contributed by atoms with Crippen molar-refractivity contribution in [1.29, 1.82) is 0 Å². The number of halogens is 2. The molecule has 8 heteroatoms. The minimum atomic E-state index is -0.238. The van der Waals surface area contributed by atoms with Crippen molar-refractivity contribution < 1.29 is 4.79 Å². The first kappa shape index (κ1) is 18.8. The van der Waals surface area contributed by atoms with E-state index in [0.717, 1.165) is 0 Å². The summed E-state index contributed by atoms with van der Waals surface area (Å²) >= 11 is 13.1. The average Bonchev–Trinajstić information content (AvgIpc) is 2.59. The van der Waals surface area contributed by atoms with Crippen LogP contribution in [0.5, 0.6) is 0 Å². The zero-order chi connectivity index (χ0) is 18.7. The van der Waals surface area contributed by atoms with Gasteiger partial charge in [-0.3, -0.25) is 14.2 Å². The van der Waals surface area contributed by atoms with Gasteiger partial charge in [0.1, 0.15) is 0 Å². The number of thioether (sulfide) groups is 1. The molecule has 1 heterocycles. The van der Waals surface area contributed by atoms with Gasteiger partial charge >= 0.3 is 0 Å². The van der Waals surface area contributed by atoms with E-state index in [1.54, 1.807) is 34.9 Å². The van der Waals surface area contributed by atoms with Crippen molar-refractivity contribution >= 4 is 57.5 Å². The highest BCUT2D eigenvalue weighted by atomic mass is 35.5. The van der Waals surface area contributed by atoms with Crippen molar-refractivity contribution in [3.63, 3.8) is 0 Å². The predicted octanol–water partition coefficient (Wildman–Crippen LogP) is 4.45. The van der Waals surface area contributed by atoms with Crippen molar-refractivity contribution in [3.8, 4) is 0 Å². The number of hydrogen-bond acceptors (Lipinski definition) is 4. The molecule has 0 aliphatic carbocycles. The Labute approximate surface area is 164 Å². The third-order valence-electron chi connectivity index (χ3n) is 3.62. The number of benzene rings is 2. The number of nitrogens with one attached hydrogen (secondary N) is 1. The second-order valence-corrected chi connectivity index (χ2v) is 7.27. The lowest BCUT2D eigenvalue weighted by Gasteiger charge is -2.11. The third-order valence-corrected chi connectivity index (χ3v) is 5.03. The van der Waals surface area contributed by atoms with Gasteiger partial charge in [0.15, 0.2) is 5.16 Å². The number of aromatic nitrogens is 2. The highest BCUT2D eigenvalue weighted by molar-refractivity contribution is 7.99. The van der Waals surface area contributed by atoms with Crippen LogP contribution in [0.15, 0.2) is 52.4 Å². The summed E-state index contributed by atoms with van der Waals surface area (Å²) in [5, 5.41) is 4.70. The van der Waals surface area contributed by atoms with Crippen LogP contribution in [0.4, 0.5) is 5.69 Å². The second kappa shape index (κ2) is 8.12. The molecule has 5 nitrogen and oxygen atoms in total. The Kier molecular flexibility index (Phi) is 5.86. The number of hydrogen-bond donors (Lipinski definition) is 1. The van der Waals surface area contributed by atoms with Crippen LogP contribution in [0.3, 0.4) is 0 Å². The SMILES string of the molecule is CCn1c(SCC(=O)Nc2cc(Cl)cc(Cl)c2)nc2ccccc2c1=O. The van der Waals surface area contributed by atoms with Gasteiger partial charge in [-0.05, 0) is 37.3 Å². The number of fused-ring (bicyclic) bond motifs is 1. The van der Waals surface area contributed by atoms with E-state index in [2.05, 4.69) is 10.3 Å². The molecule has 0 aliphatic rings. The fourth-order valence-corrected chi connectivity index (χ4v) is 3.88. The highest BCUT2D eigenvalue weighted by Gasteiger charge is 2.12. The first-order valence-electron chi connectivity index (χ1n) is 7.86. The van der Waals surface area contributed by atoms with E-state index >= 15 is 0 Å². The molecule has 3 rings (SSSR count). The molecule has 26 heavy (non-hydrogen) atoms. The second-order valence-electron chi connectivity index (χ2n) is 5.46. The van der Waals surface area contributed by atoms with Gasteiger partial charge in [-0.15, -0.1) is 0 Å². The maximum atomic E-state index is 12.6. The minimum Gasteiger partial charge on any atom is -0.325 e. The fraction of sp³-hybridized carbons (Fsp3) is 0.167. The van der Waals surface area contributed by atoms with Crippen LogP contribution in [-0.2, 0) is 11.3 Å². The Hall–Kier alpha value is -2.02. The zero-order valence-corrected chi connectivity index (χ0v) is 16.2. The molecular formula is C18H15Cl2N3O2S. The quantitative estimate of drug-likeness (QED) is 0.500. The van der Waals surface area contributed by atoms with Crippen molar-refractivity contribution in [2.45, 2.75) is 18.6 Å². The van der Waals surface area contributed by atoms with E-state index in [1.165, 1.54) is 11.8 Å². The van der Waals surface area contributed by atoms with E-state index < -0.39 is 0 Å². The summed E-state index contributed by atoms with van der Waals surface area (Å²) in [5.74, 6) is -0.132. The van der Waals surface area contributed by atoms with Crippen LogP contribution >= 0.6 is 35.0 Å². The van der Waals surface area contributed by atoms with E-state index in [4.69, 9.17) is 23.2 Å². The molecule has 0 spiro atoms. The number of para-hydroxylation sites is 1. The molecule has 0 unspecified atom stereocenters. The van der Waals surface area contributed by atoms with Gasteiger partial charge in [-0.2, -0.15) is 0 Å². The summed E-state index contributed by atoms with van der Waals surface area (Å²) in [6, 6.07) is 12.0. The molecule has 2 aromatic carbocycles. The summed E-state index contributed by atoms with van der Waals surface area (Å²) in [7, 11) is 0. The molecule has 0 radical (unpaired) electrons. The lowest BCUT2D eigenvalue weighted by Crippen LogP contribution is -2.23. The minimum absolute atomic E-state index is 0.106. The molecule has 0 bridgehead atoms. The topological polar surface area (TPSA) is 64.0 Å². The molecule has 3 aromatic rings. The smallest absolute Gasteiger partial charge is 0.262 e. The standard InChI is InChI=1S/C18H15Cl2N3O2S/c1-2-23-17(25)14-5-3-4-6-15(14)22-18(23)26-10-16(24)21-13-8-11(19)7-12(20)9-13/h3-9H,2,10H2,1H3,(H,21,24). The first-order chi connectivity index (χ1) is 12.5. The first-order valence-corrected chi connectivity index (χ1v) is 9.60. The van der Waals surface area contributed by atoms with Crippen LogP contribution in [-0.4, -0.2) is 21.2 Å². The fourth-order valence-electron chi connectivity index (χ4n) is 2.49. The van der Waals surface area contributed by atoms with Gasteiger partial charge in [0.25, 0.3) is 5.56 Å². The molecule has 0 atom stereocenters.